The third kappa shape index (κ3) is 8.22. The molecule has 1 amide bonds. The monoisotopic (exact) mass is 211 g/mol. The maximum atomic E-state index is 11.1. The van der Waals surface area contributed by atoms with Gasteiger partial charge in [0.05, 0.1) is 0 Å². The zero-order valence-corrected chi connectivity index (χ0v) is 10.4. The molecule has 2 nitrogen and oxygen atoms in total. The van der Waals surface area contributed by atoms with Crippen molar-refractivity contribution in [1.82, 2.24) is 5.32 Å². The fourth-order valence-corrected chi connectivity index (χ4v) is 1.53. The van der Waals surface area contributed by atoms with Crippen molar-refractivity contribution in [1.29, 1.82) is 0 Å². The molecule has 0 atom stereocenters. The predicted molar refractivity (Wildman–Crippen MR) is 65.8 cm³/mol. The molecule has 0 fully saturated rings. The molecule has 15 heavy (non-hydrogen) atoms. The number of carbonyl (C=O) groups is 1. The minimum atomic E-state index is 0.0426. The first-order valence-electron chi connectivity index (χ1n) is 6.11. The van der Waals surface area contributed by atoms with Crippen molar-refractivity contribution < 1.29 is 4.79 Å². The van der Waals surface area contributed by atoms with E-state index in [1.807, 2.05) is 13.0 Å². The Morgan fingerprint density at radius 1 is 1.13 bits per heavy atom. The highest BCUT2D eigenvalue weighted by atomic mass is 16.1. The summed E-state index contributed by atoms with van der Waals surface area (Å²) < 4.78 is 0. The van der Waals surface area contributed by atoms with Crippen molar-refractivity contribution in [2.24, 2.45) is 0 Å². The van der Waals surface area contributed by atoms with Gasteiger partial charge in [-0.25, -0.2) is 0 Å². The molecule has 0 rings (SSSR count). The molecular weight excluding hydrogens is 186 g/mol. The maximum Gasteiger partial charge on any atom is 0.246 e. The van der Waals surface area contributed by atoms with Crippen LogP contribution in [0.15, 0.2) is 11.6 Å². The van der Waals surface area contributed by atoms with Crippen LogP contribution in [0.1, 0.15) is 58.8 Å². The minimum Gasteiger partial charge on any atom is -0.355 e. The van der Waals surface area contributed by atoms with Crippen molar-refractivity contribution in [3.8, 4) is 0 Å². The number of amides is 1. The molecule has 1 N–H and O–H groups in total. The Hall–Kier alpha value is -0.790. The lowest BCUT2D eigenvalue weighted by Crippen LogP contribution is -2.18. The van der Waals surface area contributed by atoms with Gasteiger partial charge in [-0.05, 0) is 19.8 Å². The van der Waals surface area contributed by atoms with E-state index >= 15 is 0 Å². The van der Waals surface area contributed by atoms with Crippen molar-refractivity contribution in [2.45, 2.75) is 58.8 Å². The number of likely N-dealkylation sites (N-methyl/N-ethyl adjacent to an activating group) is 1. The number of hydrogen-bond donors (Lipinski definition) is 1. The Kier molecular flexibility index (Phi) is 9.24. The van der Waals surface area contributed by atoms with Gasteiger partial charge in [0.1, 0.15) is 0 Å². The Morgan fingerprint density at radius 3 is 2.33 bits per heavy atom. The first kappa shape index (κ1) is 14.2. The predicted octanol–water partition coefficient (Wildman–Crippen LogP) is 3.43. The topological polar surface area (TPSA) is 29.1 Å². The lowest BCUT2D eigenvalue weighted by atomic mass is 10.1. The summed E-state index contributed by atoms with van der Waals surface area (Å²) in [7, 11) is 1.67. The van der Waals surface area contributed by atoms with Crippen LogP contribution in [-0.2, 0) is 4.79 Å². The van der Waals surface area contributed by atoms with Crippen LogP contribution in [0, 0.1) is 0 Å². The third-order valence-corrected chi connectivity index (χ3v) is 2.59. The normalized spacial score (nSPS) is 11.5. The van der Waals surface area contributed by atoms with Crippen LogP contribution < -0.4 is 5.32 Å². The highest BCUT2D eigenvalue weighted by Crippen LogP contribution is 2.08. The molecule has 0 radical (unpaired) electrons. The van der Waals surface area contributed by atoms with Crippen molar-refractivity contribution >= 4 is 5.91 Å². The number of unbranched alkanes of at least 4 members (excludes halogenated alkanes) is 6. The first-order chi connectivity index (χ1) is 7.22. The van der Waals surface area contributed by atoms with Gasteiger partial charge in [0, 0.05) is 12.6 Å². The molecule has 0 unspecified atom stereocenters. The maximum absolute atomic E-state index is 11.1. The fourth-order valence-electron chi connectivity index (χ4n) is 1.53. The Balaban J connectivity index is 3.40. The molecule has 0 bridgehead atoms. The van der Waals surface area contributed by atoms with Crippen LogP contribution in [0.25, 0.3) is 0 Å². The van der Waals surface area contributed by atoms with E-state index in [1.165, 1.54) is 38.5 Å². The average molecular weight is 211 g/mol. The summed E-state index contributed by atoms with van der Waals surface area (Å²) in [5.41, 5.74) is 0.839. The largest absolute Gasteiger partial charge is 0.355 e. The molecule has 0 aromatic carbocycles. The second-order valence-electron chi connectivity index (χ2n) is 4.02. The fraction of sp³-hybridized carbons (Fsp3) is 0.769. The summed E-state index contributed by atoms with van der Waals surface area (Å²) in [5.74, 6) is 0.0426. The zero-order chi connectivity index (χ0) is 11.5. The molecule has 0 aromatic rings. The van der Waals surface area contributed by atoms with Crippen molar-refractivity contribution in [3.05, 3.63) is 11.6 Å². The standard InChI is InChI=1S/C13H25NO/c1-4-5-6-7-8-9-10-11-12(2)13(15)14-3/h11H,4-10H2,1-3H3,(H,14,15)/b12-11+. The van der Waals surface area contributed by atoms with Gasteiger partial charge < -0.3 is 5.32 Å². The Morgan fingerprint density at radius 2 is 1.73 bits per heavy atom. The Labute approximate surface area is 94.1 Å². The molecule has 0 aliphatic rings. The number of nitrogens with one attached hydrogen (secondary N) is 1. The van der Waals surface area contributed by atoms with Crippen LogP contribution in [0.3, 0.4) is 0 Å². The van der Waals surface area contributed by atoms with E-state index in [0.717, 1.165) is 12.0 Å². The molecule has 0 aliphatic carbocycles. The van der Waals surface area contributed by atoms with E-state index in [1.54, 1.807) is 7.05 Å². The highest BCUT2D eigenvalue weighted by molar-refractivity contribution is 5.92. The Bertz CT molecular complexity index is 197. The molecule has 2 heteroatoms. The van der Waals surface area contributed by atoms with Gasteiger partial charge in [0.2, 0.25) is 5.91 Å². The summed E-state index contributed by atoms with van der Waals surface area (Å²) in [6.45, 7) is 4.10. The summed E-state index contributed by atoms with van der Waals surface area (Å²) in [4.78, 5) is 11.1. The summed E-state index contributed by atoms with van der Waals surface area (Å²) in [6, 6.07) is 0. The summed E-state index contributed by atoms with van der Waals surface area (Å²) >= 11 is 0. The molecule has 0 spiro atoms. The SMILES string of the molecule is CCCCCCCC/C=C(\C)C(=O)NC. The number of carbonyl (C=O) groups excluding carboxylic acids is 1. The van der Waals surface area contributed by atoms with E-state index in [-0.39, 0.29) is 5.91 Å². The molecule has 0 saturated heterocycles. The van der Waals surface area contributed by atoms with Gasteiger partial charge in [-0.1, -0.05) is 45.1 Å². The van der Waals surface area contributed by atoms with Crippen molar-refractivity contribution in [2.75, 3.05) is 7.05 Å². The van der Waals surface area contributed by atoms with Crippen molar-refractivity contribution in [3.63, 3.8) is 0 Å². The van der Waals surface area contributed by atoms with Gasteiger partial charge in [0.15, 0.2) is 0 Å². The third-order valence-electron chi connectivity index (χ3n) is 2.59. The molecule has 0 aliphatic heterocycles. The van der Waals surface area contributed by atoms with Gasteiger partial charge in [-0.3, -0.25) is 4.79 Å². The van der Waals surface area contributed by atoms with Crippen LogP contribution in [0.4, 0.5) is 0 Å². The number of allylic oxidation sites excluding steroid dienone is 1. The lowest BCUT2D eigenvalue weighted by molar-refractivity contribution is -0.117. The zero-order valence-electron chi connectivity index (χ0n) is 10.4. The molecule has 0 saturated carbocycles. The average Bonchev–Trinajstić information content (AvgIpc) is 2.26. The van der Waals surface area contributed by atoms with Gasteiger partial charge in [0.25, 0.3) is 0 Å². The second kappa shape index (κ2) is 9.75. The number of rotatable bonds is 8. The van der Waals surface area contributed by atoms with Crippen LogP contribution in [-0.4, -0.2) is 13.0 Å². The van der Waals surface area contributed by atoms with Crippen LogP contribution in [0.5, 0.6) is 0 Å². The van der Waals surface area contributed by atoms with Crippen LogP contribution >= 0.6 is 0 Å². The van der Waals surface area contributed by atoms with E-state index in [9.17, 15) is 4.79 Å². The van der Waals surface area contributed by atoms with E-state index < -0.39 is 0 Å². The summed E-state index contributed by atoms with van der Waals surface area (Å²) in [5, 5.41) is 2.63. The first-order valence-corrected chi connectivity index (χ1v) is 6.11. The minimum absolute atomic E-state index is 0.0426. The molecule has 0 heterocycles. The highest BCUT2D eigenvalue weighted by Gasteiger charge is 1.98. The quantitative estimate of drug-likeness (QED) is 0.483. The van der Waals surface area contributed by atoms with Gasteiger partial charge in [-0.15, -0.1) is 0 Å². The second-order valence-corrected chi connectivity index (χ2v) is 4.02. The van der Waals surface area contributed by atoms with E-state index in [4.69, 9.17) is 0 Å². The van der Waals surface area contributed by atoms with Gasteiger partial charge in [-0.2, -0.15) is 0 Å². The molecule has 0 aromatic heterocycles. The van der Waals surface area contributed by atoms with E-state index in [2.05, 4.69) is 12.2 Å². The van der Waals surface area contributed by atoms with Gasteiger partial charge >= 0.3 is 0 Å². The summed E-state index contributed by atoms with van der Waals surface area (Å²) in [6.07, 6.45) is 10.9. The number of hydrogen-bond acceptors (Lipinski definition) is 1. The smallest absolute Gasteiger partial charge is 0.246 e. The van der Waals surface area contributed by atoms with Crippen LogP contribution in [0.2, 0.25) is 0 Å². The van der Waals surface area contributed by atoms with E-state index in [0.29, 0.717) is 0 Å². The molecular formula is C13H25NO. The molecule has 88 valence electrons. The lowest BCUT2D eigenvalue weighted by Gasteiger charge is -2.00.